The summed E-state index contributed by atoms with van der Waals surface area (Å²) in [5.74, 6) is 0. The van der Waals surface area contributed by atoms with Gasteiger partial charge in [0.15, 0.2) is 0 Å². The largest absolute Gasteiger partial charge is 0.395 e. The van der Waals surface area contributed by atoms with Crippen LogP contribution in [-0.2, 0) is 9.47 Å². The van der Waals surface area contributed by atoms with E-state index < -0.39 is 5.60 Å². The van der Waals surface area contributed by atoms with E-state index >= 15 is 0 Å². The van der Waals surface area contributed by atoms with Gasteiger partial charge in [0.1, 0.15) is 5.60 Å². The number of aliphatic hydroxyl groups excluding tert-OH is 1. The third-order valence-electron chi connectivity index (χ3n) is 2.64. The first kappa shape index (κ1) is 10.9. The summed E-state index contributed by atoms with van der Waals surface area (Å²) in [4.78, 5) is 0. The van der Waals surface area contributed by atoms with Gasteiger partial charge in [0.05, 0.1) is 19.3 Å². The molecule has 0 aromatic carbocycles. The van der Waals surface area contributed by atoms with Gasteiger partial charge in [-0.2, -0.15) is 0 Å². The van der Waals surface area contributed by atoms with Gasteiger partial charge >= 0.3 is 0 Å². The molecule has 1 heterocycles. The summed E-state index contributed by atoms with van der Waals surface area (Å²) in [6.45, 7) is 1.13. The molecule has 0 aromatic rings. The van der Waals surface area contributed by atoms with E-state index in [-0.39, 0.29) is 12.6 Å². The van der Waals surface area contributed by atoms with Gasteiger partial charge in [0.25, 0.3) is 0 Å². The smallest absolute Gasteiger partial charge is 0.109 e. The molecule has 4 heteroatoms. The number of hydrogen-bond acceptors (Lipinski definition) is 4. The van der Waals surface area contributed by atoms with Crippen LogP contribution in [0.5, 0.6) is 0 Å². The normalized spacial score (nSPS) is 31.6. The number of nitrogens with two attached hydrogens (primary N) is 1. The molecule has 13 heavy (non-hydrogen) atoms. The number of hydrogen-bond donors (Lipinski definition) is 2. The summed E-state index contributed by atoms with van der Waals surface area (Å²) in [7, 11) is 1.63. The molecule has 0 aliphatic carbocycles. The number of rotatable bonds is 4. The Labute approximate surface area is 79.0 Å². The van der Waals surface area contributed by atoms with Crippen molar-refractivity contribution in [2.45, 2.75) is 30.9 Å². The fourth-order valence-corrected chi connectivity index (χ4v) is 1.80. The van der Waals surface area contributed by atoms with Crippen LogP contribution >= 0.6 is 0 Å². The molecule has 2 atom stereocenters. The standard InChI is InChI=1S/C9H19NO3/c1-12-7-9(8(10)6-11)4-2-3-5-13-9/h8,11H,2-7,10H2,1H3/t8-,9?/m1/s1. The van der Waals surface area contributed by atoms with Gasteiger partial charge in [-0.1, -0.05) is 0 Å². The van der Waals surface area contributed by atoms with Crippen LogP contribution in [0.25, 0.3) is 0 Å². The van der Waals surface area contributed by atoms with Crippen molar-refractivity contribution in [3.63, 3.8) is 0 Å². The molecule has 0 radical (unpaired) electrons. The van der Waals surface area contributed by atoms with Crippen LogP contribution < -0.4 is 5.73 Å². The van der Waals surface area contributed by atoms with E-state index in [0.717, 1.165) is 25.9 Å². The van der Waals surface area contributed by atoms with Crippen molar-refractivity contribution in [3.8, 4) is 0 Å². The van der Waals surface area contributed by atoms with Crippen molar-refractivity contribution < 1.29 is 14.6 Å². The van der Waals surface area contributed by atoms with E-state index in [0.29, 0.717) is 6.61 Å². The molecule has 1 rings (SSSR count). The Hall–Kier alpha value is -0.160. The minimum absolute atomic E-state index is 0.0522. The first-order chi connectivity index (χ1) is 6.25. The van der Waals surface area contributed by atoms with Crippen molar-refractivity contribution in [1.82, 2.24) is 0 Å². The molecule has 0 bridgehead atoms. The predicted octanol–water partition coefficient (Wildman–Crippen LogP) is -0.108. The van der Waals surface area contributed by atoms with E-state index in [9.17, 15) is 0 Å². The Morgan fingerprint density at radius 1 is 1.62 bits per heavy atom. The summed E-state index contributed by atoms with van der Waals surface area (Å²) in [5, 5.41) is 9.02. The summed E-state index contributed by atoms with van der Waals surface area (Å²) in [6.07, 6.45) is 3.04. The van der Waals surface area contributed by atoms with E-state index in [1.807, 2.05) is 0 Å². The third kappa shape index (κ3) is 2.40. The zero-order chi connectivity index (χ0) is 9.73. The molecule has 1 unspecified atom stereocenters. The highest BCUT2D eigenvalue weighted by molar-refractivity contribution is 4.93. The maximum absolute atomic E-state index is 9.02. The van der Waals surface area contributed by atoms with Gasteiger partial charge in [-0.25, -0.2) is 0 Å². The van der Waals surface area contributed by atoms with Gasteiger partial charge in [0, 0.05) is 13.7 Å². The Bertz CT molecular complexity index is 140. The molecule has 3 N–H and O–H groups in total. The minimum atomic E-state index is -0.457. The maximum atomic E-state index is 9.02. The number of aliphatic hydroxyl groups is 1. The molecule has 78 valence electrons. The van der Waals surface area contributed by atoms with Gasteiger partial charge < -0.3 is 20.3 Å². The van der Waals surface area contributed by atoms with Crippen LogP contribution in [0.15, 0.2) is 0 Å². The molecule has 1 saturated heterocycles. The summed E-state index contributed by atoms with van der Waals surface area (Å²) in [6, 6.07) is -0.340. The monoisotopic (exact) mass is 189 g/mol. The molecule has 0 saturated carbocycles. The first-order valence-corrected chi connectivity index (χ1v) is 4.74. The lowest BCUT2D eigenvalue weighted by Crippen LogP contribution is -2.56. The zero-order valence-electron chi connectivity index (χ0n) is 8.16. The Kier molecular flexibility index (Phi) is 4.12. The fourth-order valence-electron chi connectivity index (χ4n) is 1.80. The molecular weight excluding hydrogens is 170 g/mol. The lowest BCUT2D eigenvalue weighted by molar-refractivity contribution is -0.135. The van der Waals surface area contributed by atoms with Gasteiger partial charge in [-0.3, -0.25) is 0 Å². The highest BCUT2D eigenvalue weighted by Gasteiger charge is 2.39. The average molecular weight is 189 g/mol. The molecular formula is C9H19NO3. The second-order valence-corrected chi connectivity index (χ2v) is 3.59. The number of methoxy groups -OCH3 is 1. The van der Waals surface area contributed by atoms with Gasteiger partial charge in [0.2, 0.25) is 0 Å². The maximum Gasteiger partial charge on any atom is 0.109 e. The van der Waals surface area contributed by atoms with Gasteiger partial charge in [-0.05, 0) is 19.3 Å². The Morgan fingerprint density at radius 2 is 2.38 bits per heavy atom. The quantitative estimate of drug-likeness (QED) is 0.647. The average Bonchev–Trinajstić information content (AvgIpc) is 2.18. The van der Waals surface area contributed by atoms with E-state index in [2.05, 4.69) is 0 Å². The van der Waals surface area contributed by atoms with Crippen LogP contribution in [0.1, 0.15) is 19.3 Å². The Morgan fingerprint density at radius 3 is 2.85 bits per heavy atom. The van der Waals surface area contributed by atoms with Crippen LogP contribution in [-0.4, -0.2) is 43.7 Å². The van der Waals surface area contributed by atoms with Crippen LogP contribution in [0.3, 0.4) is 0 Å². The van der Waals surface area contributed by atoms with E-state index in [1.165, 1.54) is 0 Å². The van der Waals surface area contributed by atoms with Crippen molar-refractivity contribution in [3.05, 3.63) is 0 Å². The van der Waals surface area contributed by atoms with Crippen LogP contribution in [0.4, 0.5) is 0 Å². The topological polar surface area (TPSA) is 64.7 Å². The summed E-state index contributed by atoms with van der Waals surface area (Å²) >= 11 is 0. The zero-order valence-corrected chi connectivity index (χ0v) is 8.16. The molecule has 1 aliphatic rings. The molecule has 1 fully saturated rings. The molecule has 1 aliphatic heterocycles. The van der Waals surface area contributed by atoms with Crippen LogP contribution in [0.2, 0.25) is 0 Å². The fraction of sp³-hybridized carbons (Fsp3) is 1.00. The number of ether oxygens (including phenoxy) is 2. The second kappa shape index (κ2) is 4.91. The molecule has 0 amide bonds. The highest BCUT2D eigenvalue weighted by atomic mass is 16.5. The second-order valence-electron chi connectivity index (χ2n) is 3.59. The van der Waals surface area contributed by atoms with Crippen molar-refractivity contribution in [1.29, 1.82) is 0 Å². The van der Waals surface area contributed by atoms with Crippen molar-refractivity contribution >= 4 is 0 Å². The van der Waals surface area contributed by atoms with Gasteiger partial charge in [-0.15, -0.1) is 0 Å². The lowest BCUT2D eigenvalue weighted by atomic mass is 9.88. The lowest BCUT2D eigenvalue weighted by Gasteiger charge is -2.40. The Balaban J connectivity index is 2.60. The molecule has 4 nitrogen and oxygen atoms in total. The molecule has 0 aromatic heterocycles. The minimum Gasteiger partial charge on any atom is -0.395 e. The third-order valence-corrected chi connectivity index (χ3v) is 2.64. The molecule has 0 spiro atoms. The van der Waals surface area contributed by atoms with Crippen LogP contribution in [0, 0.1) is 0 Å². The first-order valence-electron chi connectivity index (χ1n) is 4.74. The highest BCUT2D eigenvalue weighted by Crippen LogP contribution is 2.27. The predicted molar refractivity (Wildman–Crippen MR) is 49.5 cm³/mol. The van der Waals surface area contributed by atoms with E-state index in [4.69, 9.17) is 20.3 Å². The van der Waals surface area contributed by atoms with Crippen molar-refractivity contribution in [2.75, 3.05) is 26.9 Å². The summed E-state index contributed by atoms with van der Waals surface area (Å²) in [5.41, 5.74) is 5.36. The van der Waals surface area contributed by atoms with E-state index in [1.54, 1.807) is 7.11 Å². The SMILES string of the molecule is COCC1([C@H](N)CO)CCCCO1. The summed E-state index contributed by atoms with van der Waals surface area (Å²) < 4.78 is 10.7. The van der Waals surface area contributed by atoms with Crippen molar-refractivity contribution in [2.24, 2.45) is 5.73 Å².